The Morgan fingerprint density at radius 2 is 0.534 bits per heavy atom. The maximum Gasteiger partial charge on any atom is 0.0561 e. The lowest BCUT2D eigenvalue weighted by Crippen LogP contribution is -2.31. The first kappa shape index (κ1) is 36.1. The molecule has 0 bridgehead atoms. The van der Waals surface area contributed by atoms with Crippen molar-refractivity contribution >= 4 is 56.9 Å². The van der Waals surface area contributed by atoms with Crippen LogP contribution in [-0.2, 0) is 0 Å². The summed E-state index contributed by atoms with van der Waals surface area (Å²) in [6.07, 6.45) is 7.84. The number of nitrogens with zero attached hydrogens (tertiary/aromatic N) is 4. The summed E-state index contributed by atoms with van der Waals surface area (Å²) in [4.78, 5) is 9.42. The summed E-state index contributed by atoms with van der Waals surface area (Å²) in [5, 5.41) is 0. The fourth-order valence-electron chi connectivity index (χ4n) is 7.82. The third-order valence-electron chi connectivity index (χ3n) is 10.5. The van der Waals surface area contributed by atoms with Crippen LogP contribution in [0.4, 0.5) is 56.9 Å². The lowest BCUT2D eigenvalue weighted by molar-refractivity contribution is 0.776. The molecule has 4 nitrogen and oxygen atoms in total. The molecule has 0 saturated heterocycles. The summed E-state index contributed by atoms with van der Waals surface area (Å²) in [6, 6.07) is 81.6. The van der Waals surface area contributed by atoms with Crippen molar-refractivity contribution in [2.24, 2.45) is 0 Å². The number of rotatable bonds is 12. The number of hydrogen-bond donors (Lipinski definition) is 0. The second kappa shape index (κ2) is 17.1. The van der Waals surface area contributed by atoms with Crippen molar-refractivity contribution in [3.05, 3.63) is 254 Å². The SMILES string of the molecule is C1=CC(N(c2ccc(N(c3ccccc3)c3ccccc3)cc2)c2ccc(N(c3ccccc3)c3ccccc3)cc2)CC=C1N(c1ccccc1)c1ccccc1. The van der Waals surface area contributed by atoms with Crippen LogP contribution >= 0.6 is 0 Å². The maximum absolute atomic E-state index is 2.47. The Balaban J connectivity index is 1.09. The van der Waals surface area contributed by atoms with Gasteiger partial charge in [0.15, 0.2) is 0 Å². The molecule has 0 N–H and O–H groups in total. The fraction of sp³-hybridized carbons (Fsp3) is 0.0370. The van der Waals surface area contributed by atoms with Crippen molar-refractivity contribution in [2.45, 2.75) is 12.5 Å². The van der Waals surface area contributed by atoms with E-state index in [2.05, 4.69) is 268 Å². The minimum atomic E-state index is 0.0764. The molecule has 1 unspecified atom stereocenters. The highest BCUT2D eigenvalue weighted by atomic mass is 15.2. The summed E-state index contributed by atoms with van der Waals surface area (Å²) >= 11 is 0. The van der Waals surface area contributed by atoms with E-state index in [0.29, 0.717) is 0 Å². The smallest absolute Gasteiger partial charge is 0.0561 e. The summed E-state index contributed by atoms with van der Waals surface area (Å²) < 4.78 is 0. The van der Waals surface area contributed by atoms with E-state index in [1.54, 1.807) is 0 Å². The molecule has 8 aromatic rings. The van der Waals surface area contributed by atoms with Crippen LogP contribution in [0.15, 0.2) is 254 Å². The minimum absolute atomic E-state index is 0.0764. The van der Waals surface area contributed by atoms with Crippen molar-refractivity contribution in [1.82, 2.24) is 0 Å². The maximum atomic E-state index is 2.47. The number of hydrogen-bond acceptors (Lipinski definition) is 4. The van der Waals surface area contributed by atoms with Gasteiger partial charge < -0.3 is 19.6 Å². The second-order valence-electron chi connectivity index (χ2n) is 14.2. The molecule has 1 atom stereocenters. The Hall–Kier alpha value is -7.56. The number of anilines is 10. The van der Waals surface area contributed by atoms with Crippen LogP contribution in [-0.4, -0.2) is 6.04 Å². The van der Waals surface area contributed by atoms with Gasteiger partial charge in [-0.25, -0.2) is 0 Å². The normalized spacial score (nSPS) is 13.3. The van der Waals surface area contributed by atoms with E-state index in [1.165, 1.54) is 0 Å². The highest BCUT2D eigenvalue weighted by Crippen LogP contribution is 2.41. The van der Waals surface area contributed by atoms with Crippen LogP contribution in [0.3, 0.4) is 0 Å². The van der Waals surface area contributed by atoms with Gasteiger partial charge in [0.25, 0.3) is 0 Å². The van der Waals surface area contributed by atoms with Gasteiger partial charge in [-0.2, -0.15) is 0 Å². The second-order valence-corrected chi connectivity index (χ2v) is 14.2. The average molecular weight is 749 g/mol. The zero-order valence-corrected chi connectivity index (χ0v) is 32.2. The highest BCUT2D eigenvalue weighted by molar-refractivity contribution is 5.81. The molecule has 0 saturated carbocycles. The molecule has 0 amide bonds. The molecule has 0 radical (unpaired) electrons. The topological polar surface area (TPSA) is 13.0 Å². The monoisotopic (exact) mass is 748 g/mol. The molecule has 1 aliphatic carbocycles. The molecule has 0 heterocycles. The third-order valence-corrected chi connectivity index (χ3v) is 10.5. The molecule has 0 fully saturated rings. The standard InChI is InChI=1S/C54H44N4/c1-7-19-43(20-8-1)55(44-21-9-2-10-22-44)49-31-37-52(38-32-49)58(53-39-33-50(34-40-53)56(45-23-11-3-12-24-45)46-25-13-4-14-26-46)54-41-35-51(36-42-54)57(47-27-15-5-16-28-47)48-29-17-6-18-30-48/h1-41,54H,42H2. The lowest BCUT2D eigenvalue weighted by Gasteiger charge is -2.36. The molecule has 58 heavy (non-hydrogen) atoms. The Labute approximate surface area is 342 Å². The van der Waals surface area contributed by atoms with Gasteiger partial charge in [-0.3, -0.25) is 0 Å². The number of para-hydroxylation sites is 6. The van der Waals surface area contributed by atoms with Crippen molar-refractivity contribution in [3.63, 3.8) is 0 Å². The first-order chi connectivity index (χ1) is 28.8. The van der Waals surface area contributed by atoms with E-state index in [-0.39, 0.29) is 6.04 Å². The van der Waals surface area contributed by atoms with Crippen LogP contribution in [0.25, 0.3) is 0 Å². The Kier molecular flexibility index (Phi) is 10.6. The summed E-state index contributed by atoms with van der Waals surface area (Å²) in [5.41, 5.74) is 12.3. The van der Waals surface area contributed by atoms with Gasteiger partial charge in [-0.1, -0.05) is 121 Å². The van der Waals surface area contributed by atoms with E-state index in [9.17, 15) is 0 Å². The molecule has 9 rings (SSSR count). The average Bonchev–Trinajstić information content (AvgIpc) is 3.30. The molecule has 0 aliphatic heterocycles. The fourth-order valence-corrected chi connectivity index (χ4v) is 7.82. The zero-order chi connectivity index (χ0) is 38.9. The number of benzene rings is 8. The Morgan fingerprint density at radius 3 is 0.810 bits per heavy atom. The Morgan fingerprint density at radius 1 is 0.276 bits per heavy atom. The van der Waals surface area contributed by atoms with Gasteiger partial charge in [0.2, 0.25) is 0 Å². The van der Waals surface area contributed by atoms with Gasteiger partial charge in [-0.05, 0) is 134 Å². The molecule has 0 aromatic heterocycles. The predicted molar refractivity (Wildman–Crippen MR) is 245 cm³/mol. The van der Waals surface area contributed by atoms with Gasteiger partial charge in [-0.15, -0.1) is 0 Å². The molecule has 280 valence electrons. The van der Waals surface area contributed by atoms with Crippen molar-refractivity contribution in [2.75, 3.05) is 19.6 Å². The van der Waals surface area contributed by atoms with E-state index in [0.717, 1.165) is 69.0 Å². The molecular formula is C54H44N4. The van der Waals surface area contributed by atoms with Gasteiger partial charge in [0, 0.05) is 62.6 Å². The van der Waals surface area contributed by atoms with E-state index in [1.807, 2.05) is 0 Å². The van der Waals surface area contributed by atoms with Crippen molar-refractivity contribution < 1.29 is 0 Å². The minimum Gasteiger partial charge on any atom is -0.334 e. The third kappa shape index (κ3) is 7.77. The van der Waals surface area contributed by atoms with Crippen LogP contribution < -0.4 is 19.6 Å². The lowest BCUT2D eigenvalue weighted by atomic mass is 10.0. The van der Waals surface area contributed by atoms with E-state index >= 15 is 0 Å². The largest absolute Gasteiger partial charge is 0.334 e. The first-order valence-electron chi connectivity index (χ1n) is 19.9. The van der Waals surface area contributed by atoms with E-state index in [4.69, 9.17) is 0 Å². The quantitative estimate of drug-likeness (QED) is 0.123. The summed E-state index contributed by atoms with van der Waals surface area (Å²) in [5.74, 6) is 0. The van der Waals surface area contributed by atoms with Crippen LogP contribution in [0.5, 0.6) is 0 Å². The molecule has 8 aromatic carbocycles. The van der Waals surface area contributed by atoms with Gasteiger partial charge in [0.1, 0.15) is 0 Å². The van der Waals surface area contributed by atoms with Crippen LogP contribution in [0.1, 0.15) is 6.42 Å². The molecule has 1 aliphatic rings. The van der Waals surface area contributed by atoms with Gasteiger partial charge in [0.05, 0.1) is 6.04 Å². The van der Waals surface area contributed by atoms with Gasteiger partial charge >= 0.3 is 0 Å². The number of allylic oxidation sites excluding steroid dienone is 1. The first-order valence-corrected chi connectivity index (χ1v) is 19.9. The summed E-state index contributed by atoms with van der Waals surface area (Å²) in [7, 11) is 0. The molecule has 4 heteroatoms. The van der Waals surface area contributed by atoms with Crippen LogP contribution in [0.2, 0.25) is 0 Å². The van der Waals surface area contributed by atoms with E-state index < -0.39 is 0 Å². The van der Waals surface area contributed by atoms with Crippen molar-refractivity contribution in [1.29, 1.82) is 0 Å². The van der Waals surface area contributed by atoms with Crippen LogP contribution in [0, 0.1) is 0 Å². The Bertz CT molecular complexity index is 2310. The zero-order valence-electron chi connectivity index (χ0n) is 32.2. The summed E-state index contributed by atoms with van der Waals surface area (Å²) in [6.45, 7) is 0. The molecule has 0 spiro atoms. The predicted octanol–water partition coefficient (Wildman–Crippen LogP) is 14.8. The highest BCUT2D eigenvalue weighted by Gasteiger charge is 2.24. The van der Waals surface area contributed by atoms with Crippen molar-refractivity contribution in [3.8, 4) is 0 Å². The molecular weight excluding hydrogens is 705 g/mol.